The summed E-state index contributed by atoms with van der Waals surface area (Å²) in [6.07, 6.45) is 0. The van der Waals surface area contributed by atoms with Gasteiger partial charge >= 0.3 is 5.97 Å². The zero-order valence-electron chi connectivity index (χ0n) is 11.9. The first-order valence-corrected chi connectivity index (χ1v) is 6.86. The molecule has 0 bridgehead atoms. The number of amides is 1. The molecule has 0 atom stereocenters. The van der Waals surface area contributed by atoms with Crippen LogP contribution >= 0.6 is 0 Å². The summed E-state index contributed by atoms with van der Waals surface area (Å²) in [6, 6.07) is 2.87. The summed E-state index contributed by atoms with van der Waals surface area (Å²) in [5.74, 6) is -1.23. The molecule has 2 rings (SSSR count). The third kappa shape index (κ3) is 3.56. The highest BCUT2D eigenvalue weighted by Gasteiger charge is 2.23. The predicted molar refractivity (Wildman–Crippen MR) is 75.4 cm³/mol. The average molecular weight is 293 g/mol. The Kier molecular flexibility index (Phi) is 4.87. The van der Waals surface area contributed by atoms with Crippen molar-refractivity contribution >= 4 is 11.9 Å². The van der Waals surface area contributed by atoms with Gasteiger partial charge in [-0.1, -0.05) is 0 Å². The third-order valence-electron chi connectivity index (χ3n) is 3.61. The number of hydrogen-bond donors (Lipinski definition) is 2. The molecule has 0 spiro atoms. The highest BCUT2D eigenvalue weighted by molar-refractivity contribution is 5.94. The second-order valence-electron chi connectivity index (χ2n) is 4.99. The van der Waals surface area contributed by atoms with Crippen LogP contribution in [0.4, 0.5) is 0 Å². The molecule has 0 aromatic carbocycles. The van der Waals surface area contributed by atoms with Crippen molar-refractivity contribution in [3.63, 3.8) is 0 Å². The molecule has 0 saturated carbocycles. The lowest BCUT2D eigenvalue weighted by Crippen LogP contribution is -2.49. The second kappa shape index (κ2) is 6.64. The van der Waals surface area contributed by atoms with E-state index in [1.165, 1.54) is 12.1 Å². The predicted octanol–water partition coefficient (Wildman–Crippen LogP) is -0.162. The highest BCUT2D eigenvalue weighted by atomic mass is 16.4. The quantitative estimate of drug-likeness (QED) is 0.801. The monoisotopic (exact) mass is 293 g/mol. The van der Waals surface area contributed by atoms with Crippen molar-refractivity contribution < 1.29 is 19.8 Å². The number of aliphatic hydroxyl groups is 1. The van der Waals surface area contributed by atoms with Gasteiger partial charge in [-0.3, -0.25) is 9.69 Å². The van der Waals surface area contributed by atoms with Crippen molar-refractivity contribution in [2.24, 2.45) is 0 Å². The van der Waals surface area contributed by atoms with Crippen molar-refractivity contribution in [3.8, 4) is 0 Å². The Bertz CT molecular complexity index is 539. The standard InChI is InChI=1S/C14H19N3O4/c1-10-11(14(20)21)2-3-12(15-10)13(19)17-6-4-16(5-7-17)8-9-18/h2-3,18H,4-9H2,1H3,(H,20,21). The fraction of sp³-hybridized carbons (Fsp3) is 0.500. The van der Waals surface area contributed by atoms with Gasteiger partial charge < -0.3 is 15.1 Å². The number of carbonyl (C=O) groups is 2. The average Bonchev–Trinajstić information content (AvgIpc) is 2.47. The van der Waals surface area contributed by atoms with E-state index in [9.17, 15) is 9.59 Å². The number of carboxylic acids is 1. The van der Waals surface area contributed by atoms with E-state index >= 15 is 0 Å². The normalized spacial score (nSPS) is 16.0. The molecule has 114 valence electrons. The smallest absolute Gasteiger partial charge is 0.337 e. The molecule has 2 N–H and O–H groups in total. The van der Waals surface area contributed by atoms with Gasteiger partial charge in [0.15, 0.2) is 0 Å². The van der Waals surface area contributed by atoms with Crippen LogP contribution in [-0.4, -0.2) is 76.2 Å². The van der Waals surface area contributed by atoms with E-state index in [4.69, 9.17) is 10.2 Å². The van der Waals surface area contributed by atoms with Crippen molar-refractivity contribution in [2.75, 3.05) is 39.3 Å². The summed E-state index contributed by atoms with van der Waals surface area (Å²) in [4.78, 5) is 31.2. The molecule has 1 amide bonds. The highest BCUT2D eigenvalue weighted by Crippen LogP contribution is 2.11. The Morgan fingerprint density at radius 3 is 2.43 bits per heavy atom. The molecule has 1 aliphatic rings. The van der Waals surface area contributed by atoms with Gasteiger partial charge in [-0.25, -0.2) is 9.78 Å². The molecule has 7 heteroatoms. The van der Waals surface area contributed by atoms with Gasteiger partial charge in [-0.05, 0) is 19.1 Å². The van der Waals surface area contributed by atoms with Crippen LogP contribution in [0.3, 0.4) is 0 Å². The molecule has 1 aliphatic heterocycles. The molecule has 0 unspecified atom stereocenters. The third-order valence-corrected chi connectivity index (χ3v) is 3.61. The van der Waals surface area contributed by atoms with Crippen LogP contribution in [-0.2, 0) is 0 Å². The summed E-state index contributed by atoms with van der Waals surface area (Å²) in [5, 5.41) is 17.9. The minimum atomic E-state index is -1.04. The number of β-amino-alcohol motifs (C(OH)–C–C–N with tert-alkyl or cyclic N) is 1. The number of carboxylic acid groups (broad SMARTS) is 1. The van der Waals surface area contributed by atoms with Crippen LogP contribution in [0.5, 0.6) is 0 Å². The second-order valence-corrected chi connectivity index (χ2v) is 4.99. The maximum absolute atomic E-state index is 12.3. The summed E-state index contributed by atoms with van der Waals surface area (Å²) in [6.45, 7) is 4.93. The molecule has 0 radical (unpaired) electrons. The zero-order chi connectivity index (χ0) is 15.4. The van der Waals surface area contributed by atoms with Gasteiger partial charge in [0.05, 0.1) is 17.9 Å². The maximum Gasteiger partial charge on any atom is 0.337 e. The molecular weight excluding hydrogens is 274 g/mol. The first-order valence-electron chi connectivity index (χ1n) is 6.86. The largest absolute Gasteiger partial charge is 0.478 e. The lowest BCUT2D eigenvalue weighted by atomic mass is 10.1. The van der Waals surface area contributed by atoms with E-state index < -0.39 is 5.97 Å². The number of aryl methyl sites for hydroxylation is 1. The number of rotatable bonds is 4. The van der Waals surface area contributed by atoms with Gasteiger partial charge in [0.25, 0.3) is 5.91 Å². The minimum absolute atomic E-state index is 0.110. The maximum atomic E-state index is 12.3. The summed E-state index contributed by atoms with van der Waals surface area (Å²) < 4.78 is 0. The number of nitrogens with zero attached hydrogens (tertiary/aromatic N) is 3. The fourth-order valence-electron chi connectivity index (χ4n) is 2.38. The SMILES string of the molecule is Cc1nc(C(=O)N2CCN(CCO)CC2)ccc1C(=O)O. The molecule has 21 heavy (non-hydrogen) atoms. The number of aromatic nitrogens is 1. The number of carbonyl (C=O) groups excluding carboxylic acids is 1. The summed E-state index contributed by atoms with van der Waals surface area (Å²) in [7, 11) is 0. The number of piperazine rings is 1. The summed E-state index contributed by atoms with van der Waals surface area (Å²) in [5.41, 5.74) is 0.722. The fourth-order valence-corrected chi connectivity index (χ4v) is 2.38. The van der Waals surface area contributed by atoms with Gasteiger partial charge in [-0.2, -0.15) is 0 Å². The van der Waals surface area contributed by atoms with Crippen LogP contribution in [0.15, 0.2) is 12.1 Å². The van der Waals surface area contributed by atoms with Gasteiger partial charge in [0.1, 0.15) is 5.69 Å². The first-order chi connectivity index (χ1) is 10.0. The van der Waals surface area contributed by atoms with Crippen LogP contribution in [0.2, 0.25) is 0 Å². The van der Waals surface area contributed by atoms with Gasteiger partial charge in [-0.15, -0.1) is 0 Å². The minimum Gasteiger partial charge on any atom is -0.478 e. The number of hydrogen-bond acceptors (Lipinski definition) is 5. The Hall–Kier alpha value is -1.99. The van der Waals surface area contributed by atoms with Crippen molar-refractivity contribution in [1.82, 2.24) is 14.8 Å². The first kappa shape index (κ1) is 15.4. The lowest BCUT2D eigenvalue weighted by molar-refractivity contribution is 0.0606. The van der Waals surface area contributed by atoms with Gasteiger partial charge in [0, 0.05) is 32.7 Å². The molecular formula is C14H19N3O4. The van der Waals surface area contributed by atoms with Crippen molar-refractivity contribution in [2.45, 2.75) is 6.92 Å². The molecule has 1 saturated heterocycles. The Morgan fingerprint density at radius 1 is 1.24 bits per heavy atom. The Morgan fingerprint density at radius 2 is 1.90 bits per heavy atom. The molecule has 0 aliphatic carbocycles. The van der Waals surface area contributed by atoms with Crippen LogP contribution in [0.1, 0.15) is 26.5 Å². The van der Waals surface area contributed by atoms with E-state index in [2.05, 4.69) is 9.88 Å². The molecule has 1 aromatic rings. The lowest BCUT2D eigenvalue weighted by Gasteiger charge is -2.34. The van der Waals surface area contributed by atoms with E-state index in [0.29, 0.717) is 25.3 Å². The van der Waals surface area contributed by atoms with E-state index in [1.54, 1.807) is 11.8 Å². The molecule has 1 aromatic heterocycles. The molecule has 1 fully saturated rings. The van der Waals surface area contributed by atoms with Crippen molar-refractivity contribution in [3.05, 3.63) is 29.1 Å². The topological polar surface area (TPSA) is 94.0 Å². The molecule has 2 heterocycles. The summed E-state index contributed by atoms with van der Waals surface area (Å²) >= 11 is 0. The van der Waals surface area contributed by atoms with Crippen LogP contribution < -0.4 is 0 Å². The van der Waals surface area contributed by atoms with E-state index in [1.807, 2.05) is 0 Å². The van der Waals surface area contributed by atoms with Gasteiger partial charge in [0.2, 0.25) is 0 Å². The number of aromatic carboxylic acids is 1. The zero-order valence-corrected chi connectivity index (χ0v) is 11.9. The van der Waals surface area contributed by atoms with Crippen LogP contribution in [0.25, 0.3) is 0 Å². The Labute approximate surface area is 122 Å². The number of aliphatic hydroxyl groups excluding tert-OH is 1. The van der Waals surface area contributed by atoms with Crippen molar-refractivity contribution in [1.29, 1.82) is 0 Å². The Balaban J connectivity index is 2.04. The molecule has 7 nitrogen and oxygen atoms in total. The van der Waals surface area contributed by atoms with E-state index in [0.717, 1.165) is 13.1 Å². The van der Waals surface area contributed by atoms with Crippen LogP contribution in [0, 0.1) is 6.92 Å². The van der Waals surface area contributed by atoms with E-state index in [-0.39, 0.29) is 23.8 Å². The number of pyridine rings is 1.